The number of fused-ring (bicyclic) bond motifs is 1. The van der Waals surface area contributed by atoms with Gasteiger partial charge in [-0.2, -0.15) is 0 Å². The Balaban J connectivity index is 1.76. The molecule has 1 aromatic carbocycles. The number of amides is 1. The number of Topliss-reactive ketones (excluding diaryl/α,β-unsaturated/α-hetero) is 1. The Kier molecular flexibility index (Phi) is 5.11. The summed E-state index contributed by atoms with van der Waals surface area (Å²) in [5.74, 6) is -0.614. The van der Waals surface area contributed by atoms with E-state index in [4.69, 9.17) is 11.6 Å². The maximum absolute atomic E-state index is 14.4. The van der Waals surface area contributed by atoms with Crippen LogP contribution in [0, 0.1) is 5.82 Å². The highest BCUT2D eigenvalue weighted by atomic mass is 35.5. The first-order valence-corrected chi connectivity index (χ1v) is 9.49. The number of nitrogens with zero attached hydrogens (tertiary/aromatic N) is 2. The lowest BCUT2D eigenvalue weighted by Gasteiger charge is -2.12. The van der Waals surface area contributed by atoms with Crippen LogP contribution in [0.1, 0.15) is 39.8 Å². The molecule has 3 heterocycles. The first-order chi connectivity index (χ1) is 13.9. The van der Waals surface area contributed by atoms with E-state index in [0.717, 1.165) is 11.3 Å². The van der Waals surface area contributed by atoms with Gasteiger partial charge in [-0.15, -0.1) is 0 Å². The second-order valence-electron chi connectivity index (χ2n) is 6.98. The monoisotopic (exact) mass is 409 g/mol. The number of pyridine rings is 2. The first kappa shape index (κ1) is 19.2. The molecule has 0 unspecified atom stereocenters. The van der Waals surface area contributed by atoms with Crippen molar-refractivity contribution >= 4 is 23.3 Å². The number of hydrogen-bond acceptors (Lipinski definition) is 4. The molecule has 7 heteroatoms. The standard InChI is InChI=1S/C22H17ClFN3O2/c1-12(28)7-13-5-6-15(25-10-13)8-14-9-18(21-16(23)3-2-4-17(21)24)27-19-11-26-22(29)20(14)19/h2-6,9-10H,7-8,11H2,1H3,(H,26,29). The molecule has 0 bridgehead atoms. The lowest BCUT2D eigenvalue weighted by Crippen LogP contribution is -2.14. The van der Waals surface area contributed by atoms with Crippen molar-refractivity contribution < 1.29 is 14.0 Å². The Hall–Kier alpha value is -3.12. The molecule has 0 radical (unpaired) electrons. The van der Waals surface area contributed by atoms with Gasteiger partial charge in [0.05, 0.1) is 34.1 Å². The zero-order valence-electron chi connectivity index (χ0n) is 15.6. The molecular weight excluding hydrogens is 393 g/mol. The Bertz CT molecular complexity index is 1110. The predicted octanol–water partition coefficient (Wildman–Crippen LogP) is 3.90. The number of benzene rings is 1. The van der Waals surface area contributed by atoms with Crippen LogP contribution in [0.5, 0.6) is 0 Å². The van der Waals surface area contributed by atoms with E-state index < -0.39 is 5.82 Å². The Morgan fingerprint density at radius 3 is 2.76 bits per heavy atom. The number of rotatable bonds is 5. The lowest BCUT2D eigenvalue weighted by molar-refractivity contribution is -0.116. The third-order valence-corrected chi connectivity index (χ3v) is 5.06. The van der Waals surface area contributed by atoms with Crippen molar-refractivity contribution in [2.45, 2.75) is 26.3 Å². The van der Waals surface area contributed by atoms with Crippen molar-refractivity contribution in [2.75, 3.05) is 0 Å². The van der Waals surface area contributed by atoms with Crippen LogP contribution in [0.3, 0.4) is 0 Å². The van der Waals surface area contributed by atoms with E-state index in [1.165, 1.54) is 19.1 Å². The molecule has 29 heavy (non-hydrogen) atoms. The molecular formula is C22H17ClFN3O2. The maximum Gasteiger partial charge on any atom is 0.253 e. The molecule has 0 fully saturated rings. The second-order valence-corrected chi connectivity index (χ2v) is 7.39. The number of ketones is 1. The number of carbonyl (C=O) groups excluding carboxylic acids is 2. The van der Waals surface area contributed by atoms with Crippen molar-refractivity contribution in [3.63, 3.8) is 0 Å². The average molecular weight is 410 g/mol. The minimum Gasteiger partial charge on any atom is -0.346 e. The quantitative estimate of drug-likeness (QED) is 0.693. The van der Waals surface area contributed by atoms with Crippen LogP contribution in [0.4, 0.5) is 4.39 Å². The van der Waals surface area contributed by atoms with E-state index in [9.17, 15) is 14.0 Å². The minimum absolute atomic E-state index is 0.0644. The molecule has 1 aliphatic heterocycles. The van der Waals surface area contributed by atoms with Crippen LogP contribution < -0.4 is 5.32 Å². The molecule has 2 aromatic heterocycles. The normalized spacial score (nSPS) is 12.6. The summed E-state index contributed by atoms with van der Waals surface area (Å²) in [6.07, 6.45) is 2.36. The minimum atomic E-state index is -0.472. The first-order valence-electron chi connectivity index (χ1n) is 9.11. The van der Waals surface area contributed by atoms with E-state index in [1.54, 1.807) is 18.3 Å². The molecule has 1 N–H and O–H groups in total. The number of hydrogen-bond donors (Lipinski definition) is 1. The van der Waals surface area contributed by atoms with Gasteiger partial charge in [0.25, 0.3) is 5.91 Å². The third kappa shape index (κ3) is 3.89. The molecule has 146 valence electrons. The molecule has 5 nitrogen and oxygen atoms in total. The summed E-state index contributed by atoms with van der Waals surface area (Å²) in [6, 6.07) is 9.83. The number of carbonyl (C=O) groups is 2. The van der Waals surface area contributed by atoms with Crippen molar-refractivity contribution in [1.82, 2.24) is 15.3 Å². The highest BCUT2D eigenvalue weighted by Gasteiger charge is 2.26. The predicted molar refractivity (Wildman–Crippen MR) is 107 cm³/mol. The zero-order valence-corrected chi connectivity index (χ0v) is 16.4. The molecule has 1 amide bonds. The number of nitrogens with one attached hydrogen (secondary N) is 1. The SMILES string of the molecule is CC(=O)Cc1ccc(Cc2cc(-c3c(F)cccc3Cl)nc3c2C(=O)NC3)nc1. The van der Waals surface area contributed by atoms with Crippen LogP contribution in [-0.2, 0) is 24.2 Å². The fourth-order valence-corrected chi connectivity index (χ4v) is 3.73. The summed E-state index contributed by atoms with van der Waals surface area (Å²) in [6.45, 7) is 1.81. The summed E-state index contributed by atoms with van der Waals surface area (Å²) in [5, 5.41) is 3.02. The number of aromatic nitrogens is 2. The Morgan fingerprint density at radius 1 is 1.24 bits per heavy atom. The van der Waals surface area contributed by atoms with Crippen LogP contribution in [-0.4, -0.2) is 21.7 Å². The van der Waals surface area contributed by atoms with E-state index in [2.05, 4.69) is 15.3 Å². The second kappa shape index (κ2) is 7.72. The molecule has 4 rings (SSSR count). The largest absolute Gasteiger partial charge is 0.346 e. The summed E-state index contributed by atoms with van der Waals surface area (Å²) < 4.78 is 14.4. The van der Waals surface area contributed by atoms with Gasteiger partial charge >= 0.3 is 0 Å². The Morgan fingerprint density at radius 2 is 2.07 bits per heavy atom. The van der Waals surface area contributed by atoms with Gasteiger partial charge in [0.1, 0.15) is 11.6 Å². The van der Waals surface area contributed by atoms with E-state index in [0.29, 0.717) is 35.4 Å². The van der Waals surface area contributed by atoms with Gasteiger partial charge in [0, 0.05) is 24.7 Å². The Labute approximate surface area is 172 Å². The zero-order chi connectivity index (χ0) is 20.5. The fourth-order valence-electron chi connectivity index (χ4n) is 3.47. The smallest absolute Gasteiger partial charge is 0.253 e. The van der Waals surface area contributed by atoms with Crippen LogP contribution >= 0.6 is 11.6 Å². The van der Waals surface area contributed by atoms with E-state index >= 15 is 0 Å². The summed E-state index contributed by atoms with van der Waals surface area (Å²) in [5.41, 5.74) is 3.92. The molecule has 0 spiro atoms. The van der Waals surface area contributed by atoms with Crippen LogP contribution in [0.25, 0.3) is 11.3 Å². The molecule has 0 atom stereocenters. The van der Waals surface area contributed by atoms with Gasteiger partial charge < -0.3 is 5.32 Å². The molecule has 0 aliphatic carbocycles. The summed E-state index contributed by atoms with van der Waals surface area (Å²) >= 11 is 6.21. The van der Waals surface area contributed by atoms with E-state index in [1.807, 2.05) is 12.1 Å². The third-order valence-electron chi connectivity index (χ3n) is 4.75. The molecule has 3 aromatic rings. The van der Waals surface area contributed by atoms with E-state index in [-0.39, 0.29) is 28.8 Å². The van der Waals surface area contributed by atoms with Gasteiger partial charge in [0.2, 0.25) is 0 Å². The highest BCUT2D eigenvalue weighted by Crippen LogP contribution is 2.32. The van der Waals surface area contributed by atoms with Gasteiger partial charge in [-0.25, -0.2) is 9.37 Å². The van der Waals surface area contributed by atoms with Crippen LogP contribution in [0.15, 0.2) is 42.6 Å². The van der Waals surface area contributed by atoms with Crippen molar-refractivity contribution in [3.05, 3.63) is 81.5 Å². The molecule has 0 saturated carbocycles. The lowest BCUT2D eigenvalue weighted by atomic mass is 9.98. The summed E-state index contributed by atoms with van der Waals surface area (Å²) in [7, 11) is 0. The maximum atomic E-state index is 14.4. The summed E-state index contributed by atoms with van der Waals surface area (Å²) in [4.78, 5) is 32.5. The van der Waals surface area contributed by atoms with Crippen molar-refractivity contribution in [1.29, 1.82) is 0 Å². The average Bonchev–Trinajstić information content (AvgIpc) is 3.04. The fraction of sp³-hybridized carbons (Fsp3) is 0.182. The van der Waals surface area contributed by atoms with Crippen molar-refractivity contribution in [2.24, 2.45) is 0 Å². The van der Waals surface area contributed by atoms with Gasteiger partial charge in [-0.3, -0.25) is 14.6 Å². The van der Waals surface area contributed by atoms with Gasteiger partial charge in [0.15, 0.2) is 0 Å². The topological polar surface area (TPSA) is 72.0 Å². The number of halogens is 2. The molecule has 0 saturated heterocycles. The molecule has 1 aliphatic rings. The van der Waals surface area contributed by atoms with Crippen molar-refractivity contribution in [3.8, 4) is 11.3 Å². The van der Waals surface area contributed by atoms with Gasteiger partial charge in [-0.1, -0.05) is 23.7 Å². The highest BCUT2D eigenvalue weighted by molar-refractivity contribution is 6.33. The van der Waals surface area contributed by atoms with Crippen LogP contribution in [0.2, 0.25) is 5.02 Å². The van der Waals surface area contributed by atoms with Gasteiger partial charge in [-0.05, 0) is 42.3 Å².